The minimum absolute atomic E-state index is 0.0372. The van der Waals surface area contributed by atoms with Crippen LogP contribution in [0.2, 0.25) is 0 Å². The van der Waals surface area contributed by atoms with Crippen molar-refractivity contribution >= 4 is 17.6 Å². The molecule has 0 spiro atoms. The number of anilines is 1. The van der Waals surface area contributed by atoms with Gasteiger partial charge in [0, 0.05) is 50.5 Å². The van der Waals surface area contributed by atoms with Crippen LogP contribution in [0.4, 0.5) is 5.82 Å². The van der Waals surface area contributed by atoms with Crippen molar-refractivity contribution in [2.75, 3.05) is 45.6 Å². The molecule has 0 unspecified atom stereocenters. The Morgan fingerprint density at radius 3 is 2.48 bits per heavy atom. The molecule has 1 fully saturated rings. The standard InChI is InChI=1S/C19H23N5O3/c1-27-12-18(25)23-7-2-8-24(10-9-23)19(26)15-5-3-14(4-6-15)16-11-17(20)22-13-21-16/h3-6,11,13H,2,7-10,12H2,1H3,(H2,20,21,22). The third kappa shape index (κ3) is 4.59. The second kappa shape index (κ2) is 8.59. The molecule has 27 heavy (non-hydrogen) atoms. The number of methoxy groups -OCH3 is 1. The molecule has 0 bridgehead atoms. The molecule has 2 amide bonds. The average molecular weight is 369 g/mol. The van der Waals surface area contributed by atoms with Gasteiger partial charge in [0.05, 0.1) is 5.69 Å². The molecular weight excluding hydrogens is 346 g/mol. The van der Waals surface area contributed by atoms with E-state index in [0.717, 1.165) is 12.0 Å². The van der Waals surface area contributed by atoms with E-state index in [2.05, 4.69) is 9.97 Å². The minimum atomic E-state index is -0.0414. The molecule has 0 saturated carbocycles. The van der Waals surface area contributed by atoms with E-state index in [1.54, 1.807) is 28.0 Å². The van der Waals surface area contributed by atoms with Crippen LogP contribution in [0.25, 0.3) is 11.3 Å². The van der Waals surface area contributed by atoms with Gasteiger partial charge in [0.25, 0.3) is 5.91 Å². The smallest absolute Gasteiger partial charge is 0.253 e. The summed E-state index contributed by atoms with van der Waals surface area (Å²) in [7, 11) is 1.50. The normalized spacial score (nSPS) is 14.7. The zero-order chi connectivity index (χ0) is 19.2. The Labute approximate surface area is 158 Å². The number of amides is 2. The maximum atomic E-state index is 12.8. The number of hydrogen-bond donors (Lipinski definition) is 1. The van der Waals surface area contributed by atoms with E-state index in [-0.39, 0.29) is 18.4 Å². The van der Waals surface area contributed by atoms with Crippen molar-refractivity contribution in [3.8, 4) is 11.3 Å². The fourth-order valence-electron chi connectivity index (χ4n) is 3.08. The molecule has 8 nitrogen and oxygen atoms in total. The monoisotopic (exact) mass is 369 g/mol. The predicted octanol–water partition coefficient (Wildman–Crippen LogP) is 1.05. The topological polar surface area (TPSA) is 102 Å². The third-order valence-corrected chi connectivity index (χ3v) is 4.52. The van der Waals surface area contributed by atoms with Gasteiger partial charge in [-0.1, -0.05) is 12.1 Å². The Hall–Kier alpha value is -3.00. The number of benzene rings is 1. The van der Waals surface area contributed by atoms with Crippen molar-refractivity contribution in [1.29, 1.82) is 0 Å². The SMILES string of the molecule is COCC(=O)N1CCCN(C(=O)c2ccc(-c3cc(N)ncn3)cc2)CC1. The summed E-state index contributed by atoms with van der Waals surface area (Å²) in [5.41, 5.74) is 7.88. The number of nitrogens with zero attached hydrogens (tertiary/aromatic N) is 4. The summed E-state index contributed by atoms with van der Waals surface area (Å²) in [6.07, 6.45) is 2.16. The fourth-order valence-corrected chi connectivity index (χ4v) is 3.08. The molecule has 1 saturated heterocycles. The highest BCUT2D eigenvalue weighted by Crippen LogP contribution is 2.19. The second-order valence-corrected chi connectivity index (χ2v) is 6.37. The lowest BCUT2D eigenvalue weighted by Gasteiger charge is -2.22. The second-order valence-electron chi connectivity index (χ2n) is 6.37. The average Bonchev–Trinajstić information content (AvgIpc) is 2.94. The quantitative estimate of drug-likeness (QED) is 0.864. The lowest BCUT2D eigenvalue weighted by Crippen LogP contribution is -2.38. The molecule has 2 heterocycles. The zero-order valence-corrected chi connectivity index (χ0v) is 15.3. The van der Waals surface area contributed by atoms with Crippen LogP contribution < -0.4 is 5.73 Å². The van der Waals surface area contributed by atoms with Gasteiger partial charge in [0.15, 0.2) is 0 Å². The zero-order valence-electron chi connectivity index (χ0n) is 15.3. The maximum Gasteiger partial charge on any atom is 0.253 e. The van der Waals surface area contributed by atoms with E-state index >= 15 is 0 Å². The van der Waals surface area contributed by atoms with Crippen molar-refractivity contribution in [1.82, 2.24) is 19.8 Å². The van der Waals surface area contributed by atoms with Crippen molar-refractivity contribution < 1.29 is 14.3 Å². The molecule has 2 aromatic rings. The minimum Gasteiger partial charge on any atom is -0.384 e. The Bertz CT molecular complexity index is 809. The summed E-state index contributed by atoms with van der Waals surface area (Å²) < 4.78 is 4.91. The summed E-state index contributed by atoms with van der Waals surface area (Å²) in [5, 5.41) is 0. The molecular formula is C19H23N5O3. The van der Waals surface area contributed by atoms with Gasteiger partial charge in [-0.15, -0.1) is 0 Å². The number of hydrogen-bond acceptors (Lipinski definition) is 6. The summed E-state index contributed by atoms with van der Waals surface area (Å²) in [6, 6.07) is 8.96. The Morgan fingerprint density at radius 2 is 1.78 bits per heavy atom. The highest BCUT2D eigenvalue weighted by molar-refractivity contribution is 5.94. The van der Waals surface area contributed by atoms with Crippen LogP contribution in [-0.2, 0) is 9.53 Å². The van der Waals surface area contributed by atoms with Gasteiger partial charge in [-0.05, 0) is 18.6 Å². The number of aromatic nitrogens is 2. The number of carbonyl (C=O) groups excluding carboxylic acids is 2. The molecule has 0 atom stereocenters. The summed E-state index contributed by atoms with van der Waals surface area (Å²) in [4.78, 5) is 36.4. The van der Waals surface area contributed by atoms with E-state index in [1.165, 1.54) is 13.4 Å². The van der Waals surface area contributed by atoms with Crippen molar-refractivity contribution in [2.24, 2.45) is 0 Å². The highest BCUT2D eigenvalue weighted by atomic mass is 16.5. The van der Waals surface area contributed by atoms with Gasteiger partial charge in [0.2, 0.25) is 5.91 Å². The van der Waals surface area contributed by atoms with Gasteiger partial charge in [0.1, 0.15) is 18.8 Å². The largest absolute Gasteiger partial charge is 0.384 e. The Kier molecular flexibility index (Phi) is 5.97. The third-order valence-electron chi connectivity index (χ3n) is 4.52. The molecule has 1 aliphatic rings. The van der Waals surface area contributed by atoms with Gasteiger partial charge in [-0.3, -0.25) is 9.59 Å². The van der Waals surface area contributed by atoms with E-state index in [9.17, 15) is 9.59 Å². The lowest BCUT2D eigenvalue weighted by molar-refractivity contribution is -0.135. The molecule has 8 heteroatoms. The number of nitrogen functional groups attached to an aromatic ring is 1. The first-order valence-electron chi connectivity index (χ1n) is 8.82. The van der Waals surface area contributed by atoms with E-state index in [4.69, 9.17) is 10.5 Å². The molecule has 1 aromatic carbocycles. The van der Waals surface area contributed by atoms with Crippen molar-refractivity contribution in [3.05, 3.63) is 42.2 Å². The molecule has 3 rings (SSSR count). The van der Waals surface area contributed by atoms with Gasteiger partial charge >= 0.3 is 0 Å². The number of rotatable bonds is 4. The molecule has 2 N–H and O–H groups in total. The summed E-state index contributed by atoms with van der Waals surface area (Å²) >= 11 is 0. The van der Waals surface area contributed by atoms with Gasteiger partial charge in [-0.2, -0.15) is 0 Å². The van der Waals surface area contributed by atoms with Crippen molar-refractivity contribution in [3.63, 3.8) is 0 Å². The van der Waals surface area contributed by atoms with Crippen LogP contribution in [0.5, 0.6) is 0 Å². The first-order valence-corrected chi connectivity index (χ1v) is 8.82. The van der Waals surface area contributed by atoms with Crippen LogP contribution in [0.15, 0.2) is 36.7 Å². The van der Waals surface area contributed by atoms with Crippen LogP contribution in [0.3, 0.4) is 0 Å². The molecule has 142 valence electrons. The van der Waals surface area contributed by atoms with Crippen LogP contribution in [0.1, 0.15) is 16.8 Å². The fraction of sp³-hybridized carbons (Fsp3) is 0.368. The highest BCUT2D eigenvalue weighted by Gasteiger charge is 2.22. The Morgan fingerprint density at radius 1 is 1.07 bits per heavy atom. The summed E-state index contributed by atoms with van der Waals surface area (Å²) in [5.74, 6) is 0.322. The number of ether oxygens (including phenoxy) is 1. The van der Waals surface area contributed by atoms with Gasteiger partial charge < -0.3 is 20.3 Å². The van der Waals surface area contributed by atoms with Gasteiger partial charge in [-0.25, -0.2) is 9.97 Å². The number of carbonyl (C=O) groups is 2. The molecule has 1 aliphatic heterocycles. The summed E-state index contributed by atoms with van der Waals surface area (Å²) in [6.45, 7) is 2.37. The molecule has 0 radical (unpaired) electrons. The van der Waals surface area contributed by atoms with Crippen LogP contribution >= 0.6 is 0 Å². The van der Waals surface area contributed by atoms with E-state index < -0.39 is 0 Å². The molecule has 0 aliphatic carbocycles. The maximum absolute atomic E-state index is 12.8. The first kappa shape index (κ1) is 18.8. The van der Waals surface area contributed by atoms with E-state index in [1.807, 2.05) is 12.1 Å². The van der Waals surface area contributed by atoms with Crippen LogP contribution in [-0.4, -0.2) is 71.5 Å². The van der Waals surface area contributed by atoms with Crippen LogP contribution in [0, 0.1) is 0 Å². The lowest BCUT2D eigenvalue weighted by atomic mass is 10.1. The molecule has 1 aromatic heterocycles. The Balaban J connectivity index is 1.66. The predicted molar refractivity (Wildman–Crippen MR) is 101 cm³/mol. The number of nitrogens with two attached hydrogens (primary N) is 1. The van der Waals surface area contributed by atoms with E-state index in [0.29, 0.717) is 43.3 Å². The van der Waals surface area contributed by atoms with Crippen molar-refractivity contribution in [2.45, 2.75) is 6.42 Å². The first-order chi connectivity index (χ1) is 13.1.